The van der Waals surface area contributed by atoms with Gasteiger partial charge in [-0.2, -0.15) is 0 Å². The number of rotatable bonds is 6. The summed E-state index contributed by atoms with van der Waals surface area (Å²) < 4.78 is 18.8. The first-order chi connectivity index (χ1) is 16.9. The Morgan fingerprint density at radius 3 is 2.57 bits per heavy atom. The third-order valence-electron chi connectivity index (χ3n) is 5.88. The molecule has 0 saturated heterocycles. The summed E-state index contributed by atoms with van der Waals surface area (Å²) in [5.41, 5.74) is 3.11. The highest BCUT2D eigenvalue weighted by atomic mass is 35.5. The van der Waals surface area contributed by atoms with Gasteiger partial charge in [0.1, 0.15) is 17.2 Å². The van der Waals surface area contributed by atoms with Crippen molar-refractivity contribution in [3.05, 3.63) is 94.3 Å². The van der Waals surface area contributed by atoms with Gasteiger partial charge in [-0.05, 0) is 61.0 Å². The summed E-state index contributed by atoms with van der Waals surface area (Å²) in [7, 11) is 1.62. The molecule has 1 aliphatic rings. The van der Waals surface area contributed by atoms with E-state index in [1.807, 2.05) is 24.4 Å². The molecule has 0 N–H and O–H groups in total. The van der Waals surface area contributed by atoms with Crippen molar-refractivity contribution in [2.75, 3.05) is 7.11 Å². The fourth-order valence-electron chi connectivity index (χ4n) is 4.12. The van der Waals surface area contributed by atoms with Crippen LogP contribution in [-0.4, -0.2) is 23.4 Å². The van der Waals surface area contributed by atoms with E-state index in [9.17, 15) is 9.59 Å². The summed E-state index contributed by atoms with van der Waals surface area (Å²) >= 11 is 5.89. The van der Waals surface area contributed by atoms with Crippen LogP contribution in [0.15, 0.2) is 72.6 Å². The van der Waals surface area contributed by atoms with Crippen LogP contribution in [-0.2, 0) is 17.8 Å². The first-order valence-corrected chi connectivity index (χ1v) is 11.5. The SMILES string of the molecule is CCn1cc(/C=C2\Oc3cc(OC(=O)Cc4ccc(Cl)cc4)ccc3C2=O)c2cc(OC)ccc21. The highest BCUT2D eigenvalue weighted by molar-refractivity contribution is 6.30. The lowest BCUT2D eigenvalue weighted by molar-refractivity contribution is -0.133. The lowest BCUT2D eigenvalue weighted by Gasteiger charge is -2.06. The summed E-state index contributed by atoms with van der Waals surface area (Å²) in [5, 5.41) is 1.56. The number of allylic oxidation sites excluding steroid dienone is 1. The molecule has 7 heteroatoms. The number of aryl methyl sites for hydroxylation is 1. The maximum absolute atomic E-state index is 13.0. The average molecular weight is 488 g/mol. The number of ketones is 1. The Morgan fingerprint density at radius 2 is 1.83 bits per heavy atom. The van der Waals surface area contributed by atoms with Crippen molar-refractivity contribution in [3.8, 4) is 17.2 Å². The third kappa shape index (κ3) is 4.53. The van der Waals surface area contributed by atoms with Crippen molar-refractivity contribution in [3.63, 3.8) is 0 Å². The Morgan fingerprint density at radius 1 is 1.06 bits per heavy atom. The number of hydrogen-bond donors (Lipinski definition) is 0. The van der Waals surface area contributed by atoms with E-state index in [1.54, 1.807) is 55.7 Å². The van der Waals surface area contributed by atoms with Gasteiger partial charge in [-0.15, -0.1) is 0 Å². The minimum Gasteiger partial charge on any atom is -0.497 e. The predicted octanol–water partition coefficient (Wildman–Crippen LogP) is 6.09. The zero-order valence-corrected chi connectivity index (χ0v) is 20.0. The first-order valence-electron chi connectivity index (χ1n) is 11.2. The van der Waals surface area contributed by atoms with Crippen LogP contribution in [0.5, 0.6) is 17.2 Å². The quantitative estimate of drug-likeness (QED) is 0.187. The van der Waals surface area contributed by atoms with Crippen molar-refractivity contribution >= 4 is 40.3 Å². The molecule has 1 aromatic heterocycles. The maximum atomic E-state index is 13.0. The number of carbonyl (C=O) groups is 2. The standard InChI is InChI=1S/C28H22ClNO5/c1-3-30-16-18(23-14-20(33-2)9-11-24(23)30)13-26-28(32)22-10-8-21(15-25(22)35-26)34-27(31)12-17-4-6-19(29)7-5-17/h4-11,13-16H,3,12H2,1-2H3/b26-13-. The Kier molecular flexibility index (Phi) is 6.05. The van der Waals surface area contributed by atoms with E-state index in [-0.39, 0.29) is 18.0 Å². The third-order valence-corrected chi connectivity index (χ3v) is 6.13. The number of benzene rings is 3. The second-order valence-corrected chi connectivity index (χ2v) is 8.57. The summed E-state index contributed by atoms with van der Waals surface area (Å²) in [6, 6.07) is 17.6. The molecule has 0 fully saturated rings. The van der Waals surface area contributed by atoms with E-state index in [4.69, 9.17) is 25.8 Å². The van der Waals surface area contributed by atoms with Crippen LogP contribution in [0.25, 0.3) is 17.0 Å². The zero-order chi connectivity index (χ0) is 24.5. The molecule has 0 atom stereocenters. The molecule has 5 rings (SSSR count). The number of methoxy groups -OCH3 is 1. The van der Waals surface area contributed by atoms with Gasteiger partial charge in [-0.1, -0.05) is 23.7 Å². The first kappa shape index (κ1) is 22.7. The van der Waals surface area contributed by atoms with Gasteiger partial charge in [0.25, 0.3) is 0 Å². The molecular formula is C28H22ClNO5. The van der Waals surface area contributed by atoms with Crippen LogP contribution in [0.4, 0.5) is 0 Å². The minimum atomic E-state index is -0.423. The number of Topliss-reactive ketones (excluding diaryl/α,β-unsaturated/α-hetero) is 1. The van der Waals surface area contributed by atoms with Gasteiger partial charge < -0.3 is 18.8 Å². The smallest absolute Gasteiger partial charge is 0.315 e. The second kappa shape index (κ2) is 9.31. The van der Waals surface area contributed by atoms with Crippen LogP contribution >= 0.6 is 11.6 Å². The van der Waals surface area contributed by atoms with Crippen molar-refractivity contribution < 1.29 is 23.8 Å². The molecule has 4 aromatic rings. The number of aromatic nitrogens is 1. The molecule has 0 unspecified atom stereocenters. The fraction of sp³-hybridized carbons (Fsp3) is 0.143. The van der Waals surface area contributed by atoms with E-state index in [2.05, 4.69) is 11.5 Å². The van der Waals surface area contributed by atoms with Crippen LogP contribution in [0.2, 0.25) is 5.02 Å². The van der Waals surface area contributed by atoms with Crippen LogP contribution in [0.1, 0.15) is 28.4 Å². The Balaban J connectivity index is 1.38. The monoisotopic (exact) mass is 487 g/mol. The molecule has 0 aliphatic carbocycles. The van der Waals surface area contributed by atoms with Gasteiger partial charge in [0.05, 0.1) is 19.1 Å². The van der Waals surface area contributed by atoms with Crippen molar-refractivity contribution in [1.82, 2.24) is 4.57 Å². The number of carbonyl (C=O) groups excluding carboxylic acids is 2. The topological polar surface area (TPSA) is 66.8 Å². The Hall–Kier alpha value is -4.03. The number of hydrogen-bond acceptors (Lipinski definition) is 5. The number of halogens is 1. The number of nitrogens with zero attached hydrogens (tertiary/aromatic N) is 1. The molecule has 0 saturated carbocycles. The van der Waals surface area contributed by atoms with Gasteiger partial charge in [-0.3, -0.25) is 9.59 Å². The predicted molar refractivity (Wildman–Crippen MR) is 134 cm³/mol. The molecule has 1 aliphatic heterocycles. The maximum Gasteiger partial charge on any atom is 0.315 e. The molecule has 2 heterocycles. The lowest BCUT2D eigenvalue weighted by Crippen LogP contribution is -2.11. The van der Waals surface area contributed by atoms with Gasteiger partial charge >= 0.3 is 5.97 Å². The van der Waals surface area contributed by atoms with E-state index in [0.29, 0.717) is 22.1 Å². The molecule has 0 radical (unpaired) electrons. The van der Waals surface area contributed by atoms with E-state index in [1.165, 1.54) is 0 Å². The molecule has 176 valence electrons. The van der Waals surface area contributed by atoms with Crippen molar-refractivity contribution in [2.24, 2.45) is 0 Å². The van der Waals surface area contributed by atoms with E-state index < -0.39 is 5.97 Å². The highest BCUT2D eigenvalue weighted by Gasteiger charge is 2.28. The normalized spacial score (nSPS) is 13.7. The largest absolute Gasteiger partial charge is 0.497 e. The molecule has 35 heavy (non-hydrogen) atoms. The number of fused-ring (bicyclic) bond motifs is 2. The van der Waals surface area contributed by atoms with Gasteiger partial charge in [0, 0.05) is 40.3 Å². The summed E-state index contributed by atoms with van der Waals surface area (Å²) in [4.78, 5) is 25.4. The van der Waals surface area contributed by atoms with Crippen LogP contribution in [0, 0.1) is 0 Å². The van der Waals surface area contributed by atoms with Crippen molar-refractivity contribution in [2.45, 2.75) is 19.9 Å². The van der Waals surface area contributed by atoms with Crippen LogP contribution < -0.4 is 14.2 Å². The molecule has 0 amide bonds. The molecule has 3 aromatic carbocycles. The number of ether oxygens (including phenoxy) is 3. The molecule has 6 nitrogen and oxygen atoms in total. The van der Waals surface area contributed by atoms with Gasteiger partial charge in [-0.25, -0.2) is 0 Å². The zero-order valence-electron chi connectivity index (χ0n) is 19.2. The fourth-order valence-corrected chi connectivity index (χ4v) is 4.24. The lowest BCUT2D eigenvalue weighted by atomic mass is 10.1. The Bertz CT molecular complexity index is 1480. The van der Waals surface area contributed by atoms with E-state index >= 15 is 0 Å². The summed E-state index contributed by atoms with van der Waals surface area (Å²) in [6.45, 7) is 2.84. The highest BCUT2D eigenvalue weighted by Crippen LogP contribution is 2.36. The molecule has 0 spiro atoms. The average Bonchev–Trinajstić information content (AvgIpc) is 3.36. The summed E-state index contributed by atoms with van der Waals surface area (Å²) in [5.74, 6) is 0.965. The van der Waals surface area contributed by atoms with E-state index in [0.717, 1.165) is 34.3 Å². The van der Waals surface area contributed by atoms with Gasteiger partial charge in [0.15, 0.2) is 5.76 Å². The second-order valence-electron chi connectivity index (χ2n) is 8.13. The molecule has 0 bridgehead atoms. The summed E-state index contributed by atoms with van der Waals surface area (Å²) in [6.07, 6.45) is 3.83. The number of esters is 1. The Labute approximate surface area is 207 Å². The minimum absolute atomic E-state index is 0.101. The molecular weight excluding hydrogens is 466 g/mol. The van der Waals surface area contributed by atoms with Gasteiger partial charge in [0.2, 0.25) is 5.78 Å². The van der Waals surface area contributed by atoms with Crippen LogP contribution in [0.3, 0.4) is 0 Å². The van der Waals surface area contributed by atoms with Crippen molar-refractivity contribution in [1.29, 1.82) is 0 Å².